The quantitative estimate of drug-likeness (QED) is 0.357. The van der Waals surface area contributed by atoms with E-state index in [0.29, 0.717) is 20.1 Å². The van der Waals surface area contributed by atoms with Crippen molar-refractivity contribution in [2.45, 2.75) is 12.1 Å². The largest absolute Gasteiger partial charge is 0.259 e. The van der Waals surface area contributed by atoms with Crippen molar-refractivity contribution in [3.05, 3.63) is 67.6 Å². The Labute approximate surface area is 154 Å². The van der Waals surface area contributed by atoms with E-state index in [1.807, 2.05) is 6.55 Å². The lowest BCUT2D eigenvalue weighted by molar-refractivity contribution is 1.11. The summed E-state index contributed by atoms with van der Waals surface area (Å²) in [5, 5.41) is 2.20. The van der Waals surface area contributed by atoms with Crippen molar-refractivity contribution in [3.8, 4) is 0 Å². The van der Waals surface area contributed by atoms with Crippen LogP contribution in [-0.4, -0.2) is 6.69 Å². The monoisotopic (exact) mass is 416 g/mol. The third kappa shape index (κ3) is 4.23. The van der Waals surface area contributed by atoms with Crippen molar-refractivity contribution >= 4 is 75.3 Å². The Kier molecular flexibility index (Phi) is 5.81. The molecule has 21 heavy (non-hydrogen) atoms. The van der Waals surface area contributed by atoms with Gasteiger partial charge in [-0.1, -0.05) is 46.4 Å². The van der Waals surface area contributed by atoms with Crippen LogP contribution in [-0.2, 0) is 0 Å². The molecule has 0 N–H and O–H groups in total. The minimum atomic E-state index is -2.72. The summed E-state index contributed by atoms with van der Waals surface area (Å²) in [4.78, 5) is 0. The molecule has 2 aromatic carbocycles. The second-order valence-corrected chi connectivity index (χ2v) is 14.2. The normalized spacial score (nSPS) is 12.0. The van der Waals surface area contributed by atoms with Gasteiger partial charge in [-0.05, 0) is 54.1 Å². The van der Waals surface area contributed by atoms with E-state index < -0.39 is 6.69 Å². The van der Waals surface area contributed by atoms with Gasteiger partial charge in [0.1, 0.15) is 0 Å². The lowest BCUT2D eigenvalue weighted by atomic mass is 10.0. The molecule has 0 nitrogen and oxygen atoms in total. The summed E-state index contributed by atoms with van der Waals surface area (Å²) in [5.74, 6) is 0. The molecule has 0 saturated carbocycles. The maximum absolute atomic E-state index is 6.52. The maximum atomic E-state index is 6.52. The molecule has 0 atom stereocenters. The second-order valence-electron chi connectivity index (χ2n) is 4.72. The molecule has 7 heteroatoms. The van der Waals surface area contributed by atoms with Gasteiger partial charge in [0.25, 0.3) is 6.69 Å². The van der Waals surface area contributed by atoms with Gasteiger partial charge < -0.3 is 0 Å². The summed E-state index contributed by atoms with van der Waals surface area (Å²) in [5.41, 5.74) is 1.18. The molecule has 0 heterocycles. The van der Waals surface area contributed by atoms with E-state index >= 15 is 0 Å². The molecule has 0 radical (unpaired) electrons. The van der Waals surface area contributed by atoms with Gasteiger partial charge in [-0.3, -0.25) is 0 Å². The van der Waals surface area contributed by atoms with Crippen molar-refractivity contribution in [2.75, 3.05) is 0 Å². The van der Waals surface area contributed by atoms with Crippen LogP contribution in [0.25, 0.3) is 0 Å². The minimum Gasteiger partial charge on any atom is -0.145 e. The van der Waals surface area contributed by atoms with Crippen LogP contribution < -0.4 is 0 Å². The Bertz CT molecular complexity index is 613. The van der Waals surface area contributed by atoms with E-state index in [1.165, 1.54) is 0 Å². The first-order chi connectivity index (χ1) is 9.70. The van der Waals surface area contributed by atoms with E-state index in [0.717, 1.165) is 11.1 Å². The lowest BCUT2D eigenvalue weighted by Crippen LogP contribution is -2.27. The van der Waals surface area contributed by atoms with Gasteiger partial charge in [-0.2, -0.15) is 0 Å². The van der Waals surface area contributed by atoms with Gasteiger partial charge in [0, 0.05) is 25.6 Å². The summed E-state index contributed by atoms with van der Waals surface area (Å²) in [7, 11) is 0. The van der Waals surface area contributed by atoms with Crippen molar-refractivity contribution in [3.63, 3.8) is 0 Å². The van der Waals surface area contributed by atoms with Gasteiger partial charge in [-0.25, -0.2) is 0 Å². The topological polar surface area (TPSA) is 0 Å². The molecule has 0 saturated heterocycles. The van der Waals surface area contributed by atoms with E-state index in [-0.39, 0.29) is 5.54 Å². The van der Waals surface area contributed by atoms with Crippen molar-refractivity contribution in [1.29, 1.82) is 0 Å². The summed E-state index contributed by atoms with van der Waals surface area (Å²) >= 11 is 37.8. The second kappa shape index (κ2) is 6.88. The zero-order chi connectivity index (χ0) is 15.8. The Balaban J connectivity index is 2.70. The number of rotatable bonds is 3. The molecule has 0 unspecified atom stereocenters. The van der Waals surface area contributed by atoms with Crippen LogP contribution in [0.3, 0.4) is 0 Å². The van der Waals surface area contributed by atoms with Crippen LogP contribution in [0.2, 0.25) is 26.6 Å². The highest BCUT2D eigenvalue weighted by atomic mass is 35.7. The van der Waals surface area contributed by atoms with Gasteiger partial charge in [0.2, 0.25) is 0 Å². The molecule has 2 rings (SSSR count). The van der Waals surface area contributed by atoms with Gasteiger partial charge in [0.15, 0.2) is 0 Å². The summed E-state index contributed by atoms with van der Waals surface area (Å²) in [6.07, 6.45) is 0. The standard InChI is InChI=1S/C14H10Cl6Si/c1-21(19,20)14(10-6-8(15)2-4-12(10)17)11-7-9(16)3-5-13(11)18/h2-7,14H,1H3. The zero-order valence-corrected chi connectivity index (χ0v) is 16.3. The molecule has 0 aliphatic heterocycles. The average Bonchev–Trinajstić information content (AvgIpc) is 2.36. The first-order valence-electron chi connectivity index (χ1n) is 5.98. The molecule has 2 aromatic rings. The van der Waals surface area contributed by atoms with E-state index in [1.54, 1.807) is 36.4 Å². The van der Waals surface area contributed by atoms with E-state index in [4.69, 9.17) is 68.6 Å². The highest BCUT2D eigenvalue weighted by molar-refractivity contribution is 7.45. The predicted octanol–water partition coefficient (Wildman–Crippen LogP) is 7.52. The highest BCUT2D eigenvalue weighted by Crippen LogP contribution is 2.45. The third-order valence-corrected chi connectivity index (χ3v) is 7.15. The van der Waals surface area contributed by atoms with Crippen LogP contribution in [0.5, 0.6) is 0 Å². The molecule has 0 amide bonds. The van der Waals surface area contributed by atoms with Crippen LogP contribution in [0.4, 0.5) is 0 Å². The van der Waals surface area contributed by atoms with Gasteiger partial charge >= 0.3 is 0 Å². The number of halogens is 6. The Morgan fingerprint density at radius 2 is 1.14 bits per heavy atom. The first kappa shape index (κ1) is 17.7. The highest BCUT2D eigenvalue weighted by Gasteiger charge is 2.38. The zero-order valence-electron chi connectivity index (χ0n) is 10.8. The fraction of sp³-hybridized carbons (Fsp3) is 0.143. The molecule has 0 aliphatic rings. The molecule has 0 spiro atoms. The molecule has 0 bridgehead atoms. The summed E-state index contributed by atoms with van der Waals surface area (Å²) in [6, 6.07) is 10.4. The first-order valence-corrected chi connectivity index (χ1v) is 12.1. The van der Waals surface area contributed by atoms with Gasteiger partial charge in [-0.15, -0.1) is 22.2 Å². The molecule has 0 aromatic heterocycles. The fourth-order valence-electron chi connectivity index (χ4n) is 2.19. The van der Waals surface area contributed by atoms with Crippen molar-refractivity contribution < 1.29 is 0 Å². The minimum absolute atomic E-state index is 0.335. The van der Waals surface area contributed by atoms with Crippen LogP contribution in [0.15, 0.2) is 36.4 Å². The molecular weight excluding hydrogens is 409 g/mol. The maximum Gasteiger partial charge on any atom is 0.259 e. The molecule has 112 valence electrons. The van der Waals surface area contributed by atoms with E-state index in [2.05, 4.69) is 0 Å². The van der Waals surface area contributed by atoms with Crippen molar-refractivity contribution in [1.82, 2.24) is 0 Å². The molecular formula is C14H10Cl6Si. The Hall–Kier alpha value is 0.397. The number of benzene rings is 2. The Morgan fingerprint density at radius 3 is 1.48 bits per heavy atom. The predicted molar refractivity (Wildman–Crippen MR) is 98.1 cm³/mol. The SMILES string of the molecule is C[Si](Cl)(Cl)C(c1cc(Cl)ccc1Cl)c1cc(Cl)ccc1Cl. The number of hydrogen-bond acceptors (Lipinski definition) is 0. The van der Waals surface area contributed by atoms with Gasteiger partial charge in [0.05, 0.1) is 0 Å². The van der Waals surface area contributed by atoms with Crippen LogP contribution in [0.1, 0.15) is 16.7 Å². The van der Waals surface area contributed by atoms with Crippen LogP contribution in [0, 0.1) is 0 Å². The van der Waals surface area contributed by atoms with Crippen molar-refractivity contribution in [2.24, 2.45) is 0 Å². The average molecular weight is 419 g/mol. The van der Waals surface area contributed by atoms with Crippen LogP contribution >= 0.6 is 68.6 Å². The molecule has 0 aliphatic carbocycles. The Morgan fingerprint density at radius 1 is 0.762 bits per heavy atom. The number of hydrogen-bond donors (Lipinski definition) is 0. The molecule has 0 fully saturated rings. The van der Waals surface area contributed by atoms with E-state index in [9.17, 15) is 0 Å². The fourth-order valence-corrected chi connectivity index (χ4v) is 6.16. The third-order valence-electron chi connectivity index (χ3n) is 3.04. The summed E-state index contributed by atoms with van der Waals surface area (Å²) < 4.78 is 0. The smallest absolute Gasteiger partial charge is 0.145 e. The lowest BCUT2D eigenvalue weighted by Gasteiger charge is -2.27. The summed E-state index contributed by atoms with van der Waals surface area (Å²) in [6.45, 7) is -0.904.